The Morgan fingerprint density at radius 2 is 2.12 bits per heavy atom. The van der Waals surface area contributed by atoms with Crippen molar-refractivity contribution in [3.8, 4) is 6.07 Å². The highest BCUT2D eigenvalue weighted by Crippen LogP contribution is 2.27. The van der Waals surface area contributed by atoms with Gasteiger partial charge in [0.2, 0.25) is 0 Å². The lowest BCUT2D eigenvalue weighted by Crippen LogP contribution is -2.19. The Kier molecular flexibility index (Phi) is 5.18. The number of Topliss-reactive ketones (excluding diaryl/α,β-unsaturated/α-hetero) is 1. The third-order valence-electron chi connectivity index (χ3n) is 2.84. The summed E-state index contributed by atoms with van der Waals surface area (Å²) in [6.07, 6.45) is 1.75. The Labute approximate surface area is 107 Å². The van der Waals surface area contributed by atoms with E-state index in [0.29, 0.717) is 10.6 Å². The summed E-state index contributed by atoms with van der Waals surface area (Å²) < 4.78 is 0. The van der Waals surface area contributed by atoms with Gasteiger partial charge in [-0.1, -0.05) is 50.1 Å². The maximum absolute atomic E-state index is 12.1. The zero-order valence-corrected chi connectivity index (χ0v) is 10.9. The van der Waals surface area contributed by atoms with Crippen LogP contribution in [0.4, 0.5) is 0 Å². The van der Waals surface area contributed by atoms with Crippen molar-refractivity contribution in [3.05, 3.63) is 34.9 Å². The lowest BCUT2D eigenvalue weighted by molar-refractivity contribution is -0.122. The van der Waals surface area contributed by atoms with Gasteiger partial charge in [-0.2, -0.15) is 5.26 Å². The highest BCUT2D eigenvalue weighted by molar-refractivity contribution is 6.31. The average Bonchev–Trinajstić information content (AvgIpc) is 2.32. The van der Waals surface area contributed by atoms with Crippen LogP contribution >= 0.6 is 11.6 Å². The van der Waals surface area contributed by atoms with E-state index in [-0.39, 0.29) is 11.7 Å². The van der Waals surface area contributed by atoms with Crippen LogP contribution in [-0.2, 0) is 4.79 Å². The van der Waals surface area contributed by atoms with Crippen LogP contribution < -0.4 is 0 Å². The maximum Gasteiger partial charge on any atom is 0.157 e. The first-order valence-corrected chi connectivity index (χ1v) is 6.17. The molecule has 2 nitrogen and oxygen atoms in total. The van der Waals surface area contributed by atoms with Crippen LogP contribution in [-0.4, -0.2) is 5.78 Å². The Hall–Kier alpha value is -1.33. The summed E-state index contributed by atoms with van der Waals surface area (Å²) in [5.74, 6) is -0.881. The van der Waals surface area contributed by atoms with Crippen molar-refractivity contribution in [3.63, 3.8) is 0 Å². The van der Waals surface area contributed by atoms with Crippen molar-refractivity contribution in [2.45, 2.75) is 32.6 Å². The van der Waals surface area contributed by atoms with Gasteiger partial charge in [0.15, 0.2) is 5.78 Å². The molecule has 0 aliphatic heterocycles. The van der Waals surface area contributed by atoms with Gasteiger partial charge in [0.05, 0.1) is 6.07 Å². The van der Waals surface area contributed by atoms with E-state index in [2.05, 4.69) is 6.07 Å². The molecule has 0 amide bonds. The third kappa shape index (κ3) is 3.31. The Bertz CT molecular complexity index is 436. The van der Waals surface area contributed by atoms with Gasteiger partial charge in [-0.05, 0) is 18.1 Å². The second-order valence-corrected chi connectivity index (χ2v) is 4.58. The SMILES string of the molecule is CCCC(C)C(=O)C(C#N)c1ccccc1Cl. The highest BCUT2D eigenvalue weighted by Gasteiger charge is 2.26. The normalized spacial score (nSPS) is 13.8. The van der Waals surface area contributed by atoms with E-state index in [0.717, 1.165) is 12.8 Å². The Balaban J connectivity index is 2.98. The van der Waals surface area contributed by atoms with Crippen molar-refractivity contribution < 1.29 is 4.79 Å². The molecule has 0 N–H and O–H groups in total. The smallest absolute Gasteiger partial charge is 0.157 e. The molecule has 0 heterocycles. The largest absolute Gasteiger partial charge is 0.298 e. The van der Waals surface area contributed by atoms with Crippen LogP contribution in [0, 0.1) is 17.2 Å². The van der Waals surface area contributed by atoms with E-state index in [1.165, 1.54) is 0 Å². The van der Waals surface area contributed by atoms with Gasteiger partial charge in [0, 0.05) is 10.9 Å². The van der Waals surface area contributed by atoms with Crippen molar-refractivity contribution in [2.24, 2.45) is 5.92 Å². The van der Waals surface area contributed by atoms with Crippen LogP contribution in [0.5, 0.6) is 0 Å². The summed E-state index contributed by atoms with van der Waals surface area (Å²) in [5.41, 5.74) is 0.615. The molecule has 0 aromatic heterocycles. The van der Waals surface area contributed by atoms with E-state index in [9.17, 15) is 4.79 Å². The molecule has 2 atom stereocenters. The van der Waals surface area contributed by atoms with E-state index in [1.807, 2.05) is 13.8 Å². The zero-order valence-electron chi connectivity index (χ0n) is 10.1. The van der Waals surface area contributed by atoms with Crippen molar-refractivity contribution in [1.29, 1.82) is 5.26 Å². The number of benzene rings is 1. The second-order valence-electron chi connectivity index (χ2n) is 4.18. The number of hydrogen-bond acceptors (Lipinski definition) is 2. The van der Waals surface area contributed by atoms with Crippen LogP contribution in [0.1, 0.15) is 38.2 Å². The van der Waals surface area contributed by atoms with Gasteiger partial charge < -0.3 is 0 Å². The fourth-order valence-corrected chi connectivity index (χ4v) is 2.10. The highest BCUT2D eigenvalue weighted by atomic mass is 35.5. The van der Waals surface area contributed by atoms with Crippen LogP contribution in [0.15, 0.2) is 24.3 Å². The Morgan fingerprint density at radius 3 is 2.65 bits per heavy atom. The summed E-state index contributed by atoms with van der Waals surface area (Å²) in [4.78, 5) is 12.1. The summed E-state index contributed by atoms with van der Waals surface area (Å²) in [7, 11) is 0. The van der Waals surface area contributed by atoms with Gasteiger partial charge >= 0.3 is 0 Å². The number of rotatable bonds is 5. The van der Waals surface area contributed by atoms with E-state index >= 15 is 0 Å². The van der Waals surface area contributed by atoms with Gasteiger partial charge in [-0.3, -0.25) is 4.79 Å². The molecule has 0 saturated carbocycles. The van der Waals surface area contributed by atoms with Gasteiger partial charge in [-0.15, -0.1) is 0 Å². The van der Waals surface area contributed by atoms with Crippen LogP contribution in [0.3, 0.4) is 0 Å². The Morgan fingerprint density at radius 1 is 1.47 bits per heavy atom. The molecule has 90 valence electrons. The molecule has 3 heteroatoms. The molecule has 0 radical (unpaired) electrons. The fraction of sp³-hybridized carbons (Fsp3) is 0.429. The summed E-state index contributed by atoms with van der Waals surface area (Å²) in [6.45, 7) is 3.90. The number of carbonyl (C=O) groups is 1. The number of carbonyl (C=O) groups excluding carboxylic acids is 1. The molecular formula is C14H16ClNO. The average molecular weight is 250 g/mol. The van der Waals surface area contributed by atoms with Crippen molar-refractivity contribution in [2.75, 3.05) is 0 Å². The minimum absolute atomic E-state index is 0.0394. The van der Waals surface area contributed by atoms with E-state index < -0.39 is 5.92 Å². The van der Waals surface area contributed by atoms with Crippen LogP contribution in [0.2, 0.25) is 5.02 Å². The summed E-state index contributed by atoms with van der Waals surface area (Å²) in [6, 6.07) is 9.10. The monoisotopic (exact) mass is 249 g/mol. The number of nitriles is 1. The number of nitrogens with zero attached hydrogens (tertiary/aromatic N) is 1. The quantitative estimate of drug-likeness (QED) is 0.793. The predicted molar refractivity (Wildman–Crippen MR) is 68.9 cm³/mol. The van der Waals surface area contributed by atoms with Crippen LogP contribution in [0.25, 0.3) is 0 Å². The summed E-state index contributed by atoms with van der Waals surface area (Å²) in [5, 5.41) is 9.64. The number of hydrogen-bond donors (Lipinski definition) is 0. The molecule has 0 aliphatic rings. The maximum atomic E-state index is 12.1. The first-order chi connectivity index (χ1) is 8.11. The molecule has 0 aliphatic carbocycles. The van der Waals surface area contributed by atoms with Crippen molar-refractivity contribution >= 4 is 17.4 Å². The van der Waals surface area contributed by atoms with Crippen molar-refractivity contribution in [1.82, 2.24) is 0 Å². The molecule has 0 spiro atoms. The van der Waals surface area contributed by atoms with Gasteiger partial charge in [0.25, 0.3) is 0 Å². The minimum atomic E-state index is -0.745. The lowest BCUT2D eigenvalue weighted by atomic mass is 9.87. The molecule has 1 rings (SSSR count). The number of ketones is 1. The molecular weight excluding hydrogens is 234 g/mol. The zero-order chi connectivity index (χ0) is 12.8. The third-order valence-corrected chi connectivity index (χ3v) is 3.18. The first kappa shape index (κ1) is 13.7. The number of halogens is 1. The first-order valence-electron chi connectivity index (χ1n) is 5.79. The fourth-order valence-electron chi connectivity index (χ4n) is 1.86. The topological polar surface area (TPSA) is 40.9 Å². The van der Waals surface area contributed by atoms with E-state index in [4.69, 9.17) is 16.9 Å². The van der Waals surface area contributed by atoms with E-state index in [1.54, 1.807) is 24.3 Å². The van der Waals surface area contributed by atoms with Gasteiger partial charge in [-0.25, -0.2) is 0 Å². The van der Waals surface area contributed by atoms with Gasteiger partial charge in [0.1, 0.15) is 5.92 Å². The lowest BCUT2D eigenvalue weighted by Gasteiger charge is -2.15. The molecule has 17 heavy (non-hydrogen) atoms. The summed E-state index contributed by atoms with van der Waals surface area (Å²) >= 11 is 6.02. The molecule has 1 aromatic rings. The molecule has 0 fully saturated rings. The second kappa shape index (κ2) is 6.42. The minimum Gasteiger partial charge on any atom is -0.298 e. The molecule has 0 bridgehead atoms. The predicted octanol–water partition coefficient (Wildman–Crippen LogP) is 3.95. The standard InChI is InChI=1S/C14H16ClNO/c1-3-6-10(2)14(17)12(9-16)11-7-4-5-8-13(11)15/h4-5,7-8,10,12H,3,6H2,1-2H3. The molecule has 1 aromatic carbocycles. The molecule has 2 unspecified atom stereocenters. The molecule has 0 saturated heterocycles.